The van der Waals surface area contributed by atoms with E-state index in [1.807, 2.05) is 31.3 Å². The average Bonchev–Trinajstić information content (AvgIpc) is 3.25. The van der Waals surface area contributed by atoms with Crippen LogP contribution < -0.4 is 5.56 Å². The molecule has 1 aromatic carbocycles. The second-order valence-corrected chi connectivity index (χ2v) is 7.97. The van der Waals surface area contributed by atoms with Crippen molar-refractivity contribution in [2.45, 2.75) is 57.7 Å². The minimum Gasteiger partial charge on any atom is -0.314 e. The van der Waals surface area contributed by atoms with Gasteiger partial charge in [-0.25, -0.2) is 4.98 Å². The van der Waals surface area contributed by atoms with Crippen molar-refractivity contribution in [2.24, 2.45) is 7.05 Å². The number of aromatic nitrogens is 5. The molecular weight excluding hydrogens is 352 g/mol. The van der Waals surface area contributed by atoms with Crippen molar-refractivity contribution < 1.29 is 0 Å². The van der Waals surface area contributed by atoms with Crippen molar-refractivity contribution in [1.82, 2.24) is 29.2 Å². The van der Waals surface area contributed by atoms with E-state index in [9.17, 15) is 4.79 Å². The van der Waals surface area contributed by atoms with Gasteiger partial charge in [0.25, 0.3) is 5.56 Å². The molecule has 0 spiro atoms. The molecule has 0 aliphatic carbocycles. The van der Waals surface area contributed by atoms with Gasteiger partial charge >= 0.3 is 0 Å². The van der Waals surface area contributed by atoms with Gasteiger partial charge in [-0.15, -0.1) is 10.2 Å². The molecular formula is C21H26N6O. The summed E-state index contributed by atoms with van der Waals surface area (Å²) in [6.07, 6.45) is 6.80. The highest BCUT2D eigenvalue weighted by atomic mass is 16.1. The Morgan fingerprint density at radius 1 is 1.07 bits per heavy atom. The van der Waals surface area contributed by atoms with Crippen LogP contribution in [0.2, 0.25) is 0 Å². The summed E-state index contributed by atoms with van der Waals surface area (Å²) in [6.45, 7) is 2.78. The second kappa shape index (κ2) is 7.13. The molecule has 1 atom stereocenters. The molecule has 0 saturated carbocycles. The molecule has 0 bridgehead atoms. The Labute approximate surface area is 164 Å². The van der Waals surface area contributed by atoms with Crippen LogP contribution >= 0.6 is 0 Å². The fourth-order valence-electron chi connectivity index (χ4n) is 4.68. The van der Waals surface area contributed by atoms with Gasteiger partial charge in [0, 0.05) is 20.0 Å². The predicted molar refractivity (Wildman–Crippen MR) is 107 cm³/mol. The van der Waals surface area contributed by atoms with Crippen LogP contribution in [0.15, 0.2) is 29.1 Å². The van der Waals surface area contributed by atoms with Gasteiger partial charge in [0.1, 0.15) is 17.5 Å². The van der Waals surface area contributed by atoms with Crippen molar-refractivity contribution in [3.63, 3.8) is 0 Å². The summed E-state index contributed by atoms with van der Waals surface area (Å²) in [6, 6.07) is 7.76. The minimum absolute atomic E-state index is 0.0313. The van der Waals surface area contributed by atoms with Crippen LogP contribution in [0.25, 0.3) is 10.9 Å². The van der Waals surface area contributed by atoms with E-state index in [0.29, 0.717) is 5.39 Å². The SMILES string of the molecule is Cn1c(C2CCCN2Cc2nnc3n2CCCCC3)nc2ccccc2c1=O. The van der Waals surface area contributed by atoms with E-state index in [2.05, 4.69) is 19.7 Å². The minimum atomic E-state index is 0.0313. The second-order valence-electron chi connectivity index (χ2n) is 7.97. The Kier molecular flexibility index (Phi) is 4.47. The lowest BCUT2D eigenvalue weighted by molar-refractivity contribution is 0.225. The Bertz CT molecular complexity index is 1070. The monoisotopic (exact) mass is 378 g/mol. The maximum atomic E-state index is 12.8. The van der Waals surface area contributed by atoms with Crippen molar-refractivity contribution in [3.05, 3.63) is 52.1 Å². The van der Waals surface area contributed by atoms with Gasteiger partial charge < -0.3 is 4.57 Å². The van der Waals surface area contributed by atoms with Gasteiger partial charge in [-0.05, 0) is 44.4 Å². The molecule has 2 aromatic heterocycles. The number of fused-ring (bicyclic) bond motifs is 2. The lowest BCUT2D eigenvalue weighted by atomic mass is 10.1. The van der Waals surface area contributed by atoms with Gasteiger partial charge in [0.05, 0.1) is 23.5 Å². The molecule has 7 heteroatoms. The molecule has 2 aliphatic rings. The maximum absolute atomic E-state index is 12.8. The fourth-order valence-corrected chi connectivity index (χ4v) is 4.68. The predicted octanol–water partition coefficient (Wildman–Crippen LogP) is 2.59. The van der Waals surface area contributed by atoms with Crippen LogP contribution in [-0.2, 0) is 26.6 Å². The van der Waals surface area contributed by atoms with Crippen LogP contribution in [0.5, 0.6) is 0 Å². The number of nitrogens with zero attached hydrogens (tertiary/aromatic N) is 6. The molecule has 0 amide bonds. The normalized spacial score (nSPS) is 20.4. The molecule has 3 aromatic rings. The van der Waals surface area contributed by atoms with Gasteiger partial charge in [-0.1, -0.05) is 18.6 Å². The van der Waals surface area contributed by atoms with E-state index in [-0.39, 0.29) is 11.6 Å². The fraction of sp³-hybridized carbons (Fsp3) is 0.524. The van der Waals surface area contributed by atoms with Crippen LogP contribution in [-0.4, -0.2) is 35.8 Å². The summed E-state index contributed by atoms with van der Waals surface area (Å²) in [7, 11) is 1.84. The molecule has 1 unspecified atom stereocenters. The zero-order valence-electron chi connectivity index (χ0n) is 16.3. The summed E-state index contributed by atoms with van der Waals surface area (Å²) >= 11 is 0. The van der Waals surface area contributed by atoms with Crippen LogP contribution in [0.1, 0.15) is 55.6 Å². The Morgan fingerprint density at radius 2 is 1.96 bits per heavy atom. The first-order valence-electron chi connectivity index (χ1n) is 10.3. The van der Waals surface area contributed by atoms with Gasteiger partial charge in [-0.3, -0.25) is 14.3 Å². The Hall–Kier alpha value is -2.54. The summed E-state index contributed by atoms with van der Waals surface area (Å²) in [5.41, 5.74) is 0.813. The van der Waals surface area contributed by atoms with Crippen LogP contribution in [0, 0.1) is 0 Å². The third kappa shape index (κ3) is 2.94. The van der Waals surface area contributed by atoms with Gasteiger partial charge in [0.15, 0.2) is 0 Å². The van der Waals surface area contributed by atoms with Crippen molar-refractivity contribution >= 4 is 10.9 Å². The number of likely N-dealkylation sites (tertiary alicyclic amines) is 1. The summed E-state index contributed by atoms with van der Waals surface area (Å²) < 4.78 is 4.05. The smallest absolute Gasteiger partial charge is 0.261 e. The first-order chi connectivity index (χ1) is 13.7. The number of para-hydroxylation sites is 1. The zero-order chi connectivity index (χ0) is 19.1. The van der Waals surface area contributed by atoms with E-state index in [1.54, 1.807) is 4.57 Å². The van der Waals surface area contributed by atoms with E-state index < -0.39 is 0 Å². The molecule has 146 valence electrons. The lowest BCUT2D eigenvalue weighted by Crippen LogP contribution is -2.31. The molecule has 5 rings (SSSR count). The number of hydrogen-bond donors (Lipinski definition) is 0. The Balaban J connectivity index is 1.48. The van der Waals surface area contributed by atoms with E-state index >= 15 is 0 Å². The highest BCUT2D eigenvalue weighted by Gasteiger charge is 2.31. The van der Waals surface area contributed by atoms with E-state index in [4.69, 9.17) is 4.98 Å². The standard InChI is InChI=1S/C21H26N6O/c1-25-20(22-16-9-5-4-8-15(16)21(25)28)17-10-7-12-26(17)14-19-24-23-18-11-3-2-6-13-27(18)19/h4-5,8-9,17H,2-3,6-7,10-14H2,1H3. The molecule has 0 N–H and O–H groups in total. The third-order valence-corrected chi connectivity index (χ3v) is 6.21. The van der Waals surface area contributed by atoms with Gasteiger partial charge in [0.2, 0.25) is 0 Å². The van der Waals surface area contributed by atoms with Gasteiger partial charge in [-0.2, -0.15) is 0 Å². The lowest BCUT2D eigenvalue weighted by Gasteiger charge is -2.25. The largest absolute Gasteiger partial charge is 0.314 e. The molecule has 2 aliphatic heterocycles. The zero-order valence-corrected chi connectivity index (χ0v) is 16.3. The van der Waals surface area contributed by atoms with Crippen molar-refractivity contribution in [1.29, 1.82) is 0 Å². The Morgan fingerprint density at radius 3 is 2.89 bits per heavy atom. The molecule has 1 saturated heterocycles. The quantitative estimate of drug-likeness (QED) is 0.701. The number of benzene rings is 1. The number of aryl methyl sites for hydroxylation is 1. The van der Waals surface area contributed by atoms with Crippen LogP contribution in [0.4, 0.5) is 0 Å². The average molecular weight is 378 g/mol. The van der Waals surface area contributed by atoms with E-state index in [0.717, 1.165) is 61.9 Å². The van der Waals surface area contributed by atoms with Crippen molar-refractivity contribution in [3.8, 4) is 0 Å². The molecule has 7 nitrogen and oxygen atoms in total. The van der Waals surface area contributed by atoms with Crippen molar-refractivity contribution in [2.75, 3.05) is 6.54 Å². The molecule has 28 heavy (non-hydrogen) atoms. The first kappa shape index (κ1) is 17.6. The molecule has 1 fully saturated rings. The summed E-state index contributed by atoms with van der Waals surface area (Å²) in [4.78, 5) is 20.1. The summed E-state index contributed by atoms with van der Waals surface area (Å²) in [5, 5.41) is 9.63. The van der Waals surface area contributed by atoms with Crippen LogP contribution in [0.3, 0.4) is 0 Å². The third-order valence-electron chi connectivity index (χ3n) is 6.21. The molecule has 4 heterocycles. The number of rotatable bonds is 3. The first-order valence-corrected chi connectivity index (χ1v) is 10.3. The summed E-state index contributed by atoms with van der Waals surface area (Å²) in [5.74, 6) is 3.03. The maximum Gasteiger partial charge on any atom is 0.261 e. The van der Waals surface area contributed by atoms with E-state index in [1.165, 1.54) is 19.3 Å². The highest BCUT2D eigenvalue weighted by molar-refractivity contribution is 5.77. The molecule has 0 radical (unpaired) electrons. The topological polar surface area (TPSA) is 68.8 Å². The highest BCUT2D eigenvalue weighted by Crippen LogP contribution is 2.32. The number of hydrogen-bond acceptors (Lipinski definition) is 5.